The van der Waals surface area contributed by atoms with Gasteiger partial charge in [-0.25, -0.2) is 4.52 Å². The molecule has 0 saturated heterocycles. The van der Waals surface area contributed by atoms with Gasteiger partial charge in [-0.2, -0.15) is 13.8 Å². The number of aryl methyl sites for hydroxylation is 1. The highest BCUT2D eigenvalue weighted by atomic mass is 32.1. The van der Waals surface area contributed by atoms with Crippen LogP contribution in [0.2, 0.25) is 0 Å². The van der Waals surface area contributed by atoms with Crippen molar-refractivity contribution < 1.29 is 4.79 Å². The summed E-state index contributed by atoms with van der Waals surface area (Å²) in [5.74, 6) is -0.321. The number of hydrogen-bond acceptors (Lipinski definition) is 6. The van der Waals surface area contributed by atoms with Crippen LogP contribution < -0.4 is 10.9 Å². The van der Waals surface area contributed by atoms with Gasteiger partial charge in [-0.3, -0.25) is 14.2 Å². The quantitative estimate of drug-likeness (QED) is 0.511. The molecule has 0 radical (unpaired) electrons. The molecule has 0 fully saturated rings. The van der Waals surface area contributed by atoms with Crippen molar-refractivity contribution in [3.63, 3.8) is 0 Å². The number of aromatic nitrogens is 5. The molecule has 0 aliphatic carbocycles. The van der Waals surface area contributed by atoms with Gasteiger partial charge in [0.15, 0.2) is 0 Å². The average Bonchev–Trinajstić information content (AvgIpc) is 3.32. The Labute approximate surface area is 162 Å². The minimum Gasteiger partial charge on any atom is -0.323 e. The molecule has 0 unspecified atom stereocenters. The van der Waals surface area contributed by atoms with E-state index in [1.807, 2.05) is 25.1 Å². The number of nitrogens with zero attached hydrogens (tertiary/aromatic N) is 5. The van der Waals surface area contributed by atoms with Gasteiger partial charge >= 0.3 is 0 Å². The molecule has 5 rings (SSSR count). The first-order valence-corrected chi connectivity index (χ1v) is 9.34. The summed E-state index contributed by atoms with van der Waals surface area (Å²) in [6.45, 7) is 1.72. The smallest absolute Gasteiger partial charge is 0.262 e. The van der Waals surface area contributed by atoms with Gasteiger partial charge in [-0.05, 0) is 31.2 Å². The summed E-state index contributed by atoms with van der Waals surface area (Å²) in [4.78, 5) is 25.8. The van der Waals surface area contributed by atoms with Gasteiger partial charge in [-0.15, -0.1) is 0 Å². The van der Waals surface area contributed by atoms with E-state index in [1.165, 1.54) is 4.57 Å². The third-order valence-corrected chi connectivity index (χ3v) is 5.10. The number of carbonyl (C=O) groups is 1. The summed E-state index contributed by atoms with van der Waals surface area (Å²) >= 11 is 1.09. The van der Waals surface area contributed by atoms with Gasteiger partial charge in [-0.1, -0.05) is 18.2 Å². The lowest BCUT2D eigenvalue weighted by Crippen LogP contribution is -2.29. The molecule has 1 amide bonds. The number of carbonyl (C=O) groups excluding carboxylic acids is 1. The second-order valence-corrected chi connectivity index (χ2v) is 6.98. The lowest BCUT2D eigenvalue weighted by Gasteiger charge is -2.11. The third kappa shape index (κ3) is 2.55. The lowest BCUT2D eigenvalue weighted by molar-refractivity contribution is -0.116. The van der Waals surface area contributed by atoms with E-state index in [9.17, 15) is 9.59 Å². The van der Waals surface area contributed by atoms with E-state index in [0.29, 0.717) is 27.8 Å². The normalized spacial score (nSPS) is 11.5. The first kappa shape index (κ1) is 16.6. The highest BCUT2D eigenvalue weighted by Crippen LogP contribution is 2.21. The van der Waals surface area contributed by atoms with Crippen molar-refractivity contribution in [2.75, 3.05) is 5.32 Å². The Morgan fingerprint density at radius 1 is 1.14 bits per heavy atom. The van der Waals surface area contributed by atoms with E-state index in [4.69, 9.17) is 0 Å². The first-order chi connectivity index (χ1) is 13.6. The largest absolute Gasteiger partial charge is 0.323 e. The number of rotatable bonds is 3. The first-order valence-electron chi connectivity index (χ1n) is 8.61. The summed E-state index contributed by atoms with van der Waals surface area (Å²) in [5, 5.41) is 7.83. The minimum absolute atomic E-state index is 0.133. The van der Waals surface area contributed by atoms with Crippen LogP contribution in [-0.4, -0.2) is 28.8 Å². The Hall–Kier alpha value is -3.59. The topological polar surface area (TPSA) is 94.2 Å². The van der Waals surface area contributed by atoms with Gasteiger partial charge in [0.25, 0.3) is 5.56 Å². The van der Waals surface area contributed by atoms with Crippen LogP contribution in [0, 0.1) is 6.92 Å². The van der Waals surface area contributed by atoms with Crippen LogP contribution in [0.5, 0.6) is 0 Å². The summed E-state index contributed by atoms with van der Waals surface area (Å²) in [7, 11) is 0. The maximum absolute atomic E-state index is 13.0. The maximum atomic E-state index is 13.0. The van der Waals surface area contributed by atoms with Crippen molar-refractivity contribution in [3.05, 3.63) is 64.6 Å². The Morgan fingerprint density at radius 2 is 2.00 bits per heavy atom. The average molecular weight is 390 g/mol. The molecule has 0 aliphatic rings. The lowest BCUT2D eigenvalue weighted by atomic mass is 10.2. The molecule has 0 atom stereocenters. The molecule has 0 aliphatic heterocycles. The molecule has 2 aromatic carbocycles. The van der Waals surface area contributed by atoms with E-state index in [1.54, 1.807) is 34.8 Å². The Morgan fingerprint density at radius 3 is 2.89 bits per heavy atom. The number of nitrogens with one attached hydrogen (secondary N) is 1. The number of anilines is 1. The maximum Gasteiger partial charge on any atom is 0.262 e. The molecule has 3 aromatic heterocycles. The molecule has 28 heavy (non-hydrogen) atoms. The SMILES string of the molecule is Cc1cc2n(CC(=O)Nc3cccc4nsnc34)c(=O)c3ccccc3n2n1. The van der Waals surface area contributed by atoms with Gasteiger partial charge < -0.3 is 5.32 Å². The zero-order valence-electron chi connectivity index (χ0n) is 14.8. The zero-order chi connectivity index (χ0) is 19.3. The highest BCUT2D eigenvalue weighted by Gasteiger charge is 2.16. The van der Waals surface area contributed by atoms with Crippen LogP contribution in [0.4, 0.5) is 5.69 Å². The summed E-state index contributed by atoms with van der Waals surface area (Å²) in [5.41, 5.74) is 3.76. The standard InChI is InChI=1S/C19H14N6O2S/c1-11-9-17-24(19(27)12-5-2-3-8-15(12)25(17)21-11)10-16(26)20-13-6-4-7-14-18(13)23-28-22-14/h2-9H,10H2,1H3,(H,20,26). The molecule has 8 nitrogen and oxygen atoms in total. The predicted molar refractivity (Wildman–Crippen MR) is 108 cm³/mol. The fraction of sp³-hybridized carbons (Fsp3) is 0.105. The Balaban J connectivity index is 1.59. The number of benzene rings is 2. The van der Waals surface area contributed by atoms with E-state index >= 15 is 0 Å². The predicted octanol–water partition coefficient (Wildman–Crippen LogP) is 2.60. The minimum atomic E-state index is -0.321. The van der Waals surface area contributed by atoms with Crippen molar-refractivity contribution in [2.45, 2.75) is 13.5 Å². The van der Waals surface area contributed by atoms with Crippen LogP contribution in [0.15, 0.2) is 53.3 Å². The molecule has 0 spiro atoms. The van der Waals surface area contributed by atoms with E-state index in [2.05, 4.69) is 19.2 Å². The summed E-state index contributed by atoms with van der Waals surface area (Å²) < 4.78 is 11.5. The van der Waals surface area contributed by atoms with Gasteiger partial charge in [0.05, 0.1) is 34.0 Å². The molecule has 0 bridgehead atoms. The van der Waals surface area contributed by atoms with Gasteiger partial charge in [0.2, 0.25) is 5.91 Å². The molecular weight excluding hydrogens is 376 g/mol. The number of para-hydroxylation sites is 1. The van der Waals surface area contributed by atoms with Crippen molar-refractivity contribution in [1.29, 1.82) is 0 Å². The second-order valence-electron chi connectivity index (χ2n) is 6.45. The van der Waals surface area contributed by atoms with Crippen LogP contribution in [-0.2, 0) is 11.3 Å². The monoisotopic (exact) mass is 390 g/mol. The van der Waals surface area contributed by atoms with Crippen molar-refractivity contribution in [2.24, 2.45) is 0 Å². The van der Waals surface area contributed by atoms with Crippen molar-refractivity contribution in [1.82, 2.24) is 22.9 Å². The Bertz CT molecular complexity index is 1430. The van der Waals surface area contributed by atoms with Crippen LogP contribution >= 0.6 is 11.7 Å². The van der Waals surface area contributed by atoms with E-state index < -0.39 is 0 Å². The molecule has 138 valence electrons. The summed E-state index contributed by atoms with van der Waals surface area (Å²) in [6.07, 6.45) is 0. The number of fused-ring (bicyclic) bond motifs is 4. The van der Waals surface area contributed by atoms with Crippen LogP contribution in [0.3, 0.4) is 0 Å². The Kier molecular flexibility index (Phi) is 3.69. The van der Waals surface area contributed by atoms with Gasteiger partial charge in [0.1, 0.15) is 23.2 Å². The fourth-order valence-electron chi connectivity index (χ4n) is 3.34. The molecule has 0 saturated carbocycles. The third-order valence-electron chi connectivity index (χ3n) is 4.56. The summed E-state index contributed by atoms with van der Waals surface area (Å²) in [6, 6.07) is 14.4. The molecule has 5 aromatic rings. The molecule has 3 heterocycles. The van der Waals surface area contributed by atoms with Crippen LogP contribution in [0.25, 0.3) is 27.6 Å². The molecular formula is C19H14N6O2S. The van der Waals surface area contributed by atoms with Crippen molar-refractivity contribution in [3.8, 4) is 0 Å². The zero-order valence-corrected chi connectivity index (χ0v) is 15.6. The van der Waals surface area contributed by atoms with E-state index in [0.717, 1.165) is 22.9 Å². The molecule has 9 heteroatoms. The number of amides is 1. The number of hydrogen-bond donors (Lipinski definition) is 1. The fourth-order valence-corrected chi connectivity index (χ4v) is 3.89. The highest BCUT2D eigenvalue weighted by molar-refractivity contribution is 7.00. The van der Waals surface area contributed by atoms with E-state index in [-0.39, 0.29) is 18.0 Å². The second kappa shape index (κ2) is 6.24. The van der Waals surface area contributed by atoms with Crippen molar-refractivity contribution >= 4 is 50.9 Å². The van der Waals surface area contributed by atoms with Crippen LogP contribution in [0.1, 0.15) is 5.69 Å². The van der Waals surface area contributed by atoms with Gasteiger partial charge in [0, 0.05) is 6.07 Å². The molecule has 1 N–H and O–H groups in total.